The van der Waals surface area contributed by atoms with E-state index in [4.69, 9.17) is 0 Å². The fraction of sp³-hybridized carbons (Fsp3) is 0.583. The summed E-state index contributed by atoms with van der Waals surface area (Å²) in [6.07, 6.45) is 5.70. The van der Waals surface area contributed by atoms with Crippen LogP contribution < -0.4 is 5.32 Å². The second-order valence-corrected chi connectivity index (χ2v) is 4.48. The third kappa shape index (κ3) is 2.93. The summed E-state index contributed by atoms with van der Waals surface area (Å²) in [5.74, 6) is 0.641. The van der Waals surface area contributed by atoms with E-state index in [1.807, 2.05) is 18.7 Å². The van der Waals surface area contributed by atoms with Crippen LogP contribution in [0.3, 0.4) is 0 Å². The lowest BCUT2D eigenvalue weighted by atomic mass is 10.3. The molecule has 0 aliphatic carbocycles. The summed E-state index contributed by atoms with van der Waals surface area (Å²) in [4.78, 5) is 22.2. The topological polar surface area (TPSA) is 58.1 Å². The van der Waals surface area contributed by atoms with Gasteiger partial charge in [-0.25, -0.2) is 9.97 Å². The first-order valence-electron chi connectivity index (χ1n) is 6.01. The molecule has 1 N–H and O–H groups in total. The summed E-state index contributed by atoms with van der Waals surface area (Å²) < 4.78 is 0. The van der Waals surface area contributed by atoms with Crippen molar-refractivity contribution in [2.24, 2.45) is 0 Å². The number of hydrogen-bond donors (Lipinski definition) is 1. The smallest absolute Gasteiger partial charge is 0.244 e. The van der Waals surface area contributed by atoms with Gasteiger partial charge >= 0.3 is 0 Å². The van der Waals surface area contributed by atoms with Gasteiger partial charge < -0.3 is 10.2 Å². The predicted molar refractivity (Wildman–Crippen MR) is 65.7 cm³/mol. The molecule has 17 heavy (non-hydrogen) atoms. The Morgan fingerprint density at radius 2 is 1.94 bits per heavy atom. The fourth-order valence-corrected chi connectivity index (χ4v) is 1.93. The van der Waals surface area contributed by atoms with E-state index in [1.165, 1.54) is 0 Å². The molecule has 1 atom stereocenters. The summed E-state index contributed by atoms with van der Waals surface area (Å²) in [6.45, 7) is 5.53. The van der Waals surface area contributed by atoms with Crippen LogP contribution in [0.15, 0.2) is 12.4 Å². The minimum absolute atomic E-state index is 0.131. The summed E-state index contributed by atoms with van der Waals surface area (Å²) in [5, 5.41) is 3.03. The third-order valence-electron chi connectivity index (χ3n) is 2.91. The van der Waals surface area contributed by atoms with Crippen molar-refractivity contribution in [3.8, 4) is 0 Å². The van der Waals surface area contributed by atoms with E-state index in [0.29, 0.717) is 5.95 Å². The van der Waals surface area contributed by atoms with Crippen LogP contribution in [0.4, 0.5) is 5.95 Å². The number of carbonyl (C=O) groups excluding carboxylic acids is 1. The van der Waals surface area contributed by atoms with Gasteiger partial charge in [-0.05, 0) is 32.3 Å². The number of aromatic nitrogens is 2. The number of likely N-dealkylation sites (tertiary alicyclic amines) is 1. The summed E-state index contributed by atoms with van der Waals surface area (Å²) in [6, 6.07) is -0.268. The number of nitrogens with zero attached hydrogens (tertiary/aromatic N) is 3. The van der Waals surface area contributed by atoms with Gasteiger partial charge in [-0.2, -0.15) is 0 Å². The molecular formula is C12H18N4O. The quantitative estimate of drug-likeness (QED) is 0.854. The second-order valence-electron chi connectivity index (χ2n) is 4.48. The van der Waals surface area contributed by atoms with Crippen molar-refractivity contribution in [3.05, 3.63) is 18.0 Å². The first kappa shape index (κ1) is 11.8. The lowest BCUT2D eigenvalue weighted by Crippen LogP contribution is -2.39. The van der Waals surface area contributed by atoms with E-state index in [-0.39, 0.29) is 11.9 Å². The Labute approximate surface area is 101 Å². The molecule has 1 saturated heterocycles. The molecule has 5 nitrogen and oxygen atoms in total. The molecule has 1 aromatic rings. The van der Waals surface area contributed by atoms with E-state index < -0.39 is 0 Å². The normalized spacial score (nSPS) is 16.9. The van der Waals surface area contributed by atoms with Crippen LogP contribution in [0, 0.1) is 6.92 Å². The van der Waals surface area contributed by atoms with Crippen LogP contribution in [0.2, 0.25) is 0 Å². The highest BCUT2D eigenvalue weighted by molar-refractivity contribution is 5.84. The average molecular weight is 234 g/mol. The molecule has 1 aliphatic rings. The second kappa shape index (κ2) is 5.12. The number of amides is 1. The Morgan fingerprint density at radius 1 is 1.35 bits per heavy atom. The molecule has 0 saturated carbocycles. The Morgan fingerprint density at radius 3 is 2.53 bits per heavy atom. The molecule has 1 unspecified atom stereocenters. The molecule has 2 heterocycles. The number of aryl methyl sites for hydroxylation is 1. The van der Waals surface area contributed by atoms with Crippen LogP contribution >= 0.6 is 0 Å². The zero-order valence-electron chi connectivity index (χ0n) is 10.3. The maximum atomic E-state index is 12.0. The van der Waals surface area contributed by atoms with E-state index in [9.17, 15) is 4.79 Å². The molecule has 92 valence electrons. The Balaban J connectivity index is 1.93. The molecule has 1 amide bonds. The van der Waals surface area contributed by atoms with Gasteiger partial charge in [-0.3, -0.25) is 4.79 Å². The first-order chi connectivity index (χ1) is 8.16. The highest BCUT2D eigenvalue weighted by Crippen LogP contribution is 2.10. The van der Waals surface area contributed by atoms with Gasteiger partial charge in [-0.1, -0.05) is 0 Å². The predicted octanol–water partition coefficient (Wildman–Crippen LogP) is 1.21. The lowest BCUT2D eigenvalue weighted by Gasteiger charge is -2.20. The van der Waals surface area contributed by atoms with E-state index in [1.54, 1.807) is 12.4 Å². The average Bonchev–Trinajstić information content (AvgIpc) is 2.84. The number of carbonyl (C=O) groups is 1. The van der Waals surface area contributed by atoms with Crippen molar-refractivity contribution in [1.29, 1.82) is 0 Å². The molecule has 0 bridgehead atoms. The lowest BCUT2D eigenvalue weighted by molar-refractivity contribution is -0.130. The third-order valence-corrected chi connectivity index (χ3v) is 2.91. The highest BCUT2D eigenvalue weighted by atomic mass is 16.2. The molecule has 0 aromatic carbocycles. The van der Waals surface area contributed by atoms with Gasteiger partial charge in [0.05, 0.1) is 0 Å². The van der Waals surface area contributed by atoms with Crippen LogP contribution in [0.1, 0.15) is 25.3 Å². The van der Waals surface area contributed by atoms with Gasteiger partial charge in [0.25, 0.3) is 0 Å². The Hall–Kier alpha value is -1.65. The standard InChI is InChI=1S/C12H18N4O/c1-9-7-13-12(14-8-9)15-10(2)11(17)16-5-3-4-6-16/h7-8,10H,3-6H2,1-2H3,(H,13,14,15). The molecule has 1 fully saturated rings. The molecule has 0 spiro atoms. The minimum atomic E-state index is -0.268. The van der Waals surface area contributed by atoms with Crippen LogP contribution in [-0.4, -0.2) is 39.9 Å². The SMILES string of the molecule is Cc1cnc(NC(C)C(=O)N2CCCC2)nc1. The van der Waals surface area contributed by atoms with Gasteiger partial charge in [0.2, 0.25) is 11.9 Å². The molecule has 2 rings (SSSR count). The maximum Gasteiger partial charge on any atom is 0.244 e. The van der Waals surface area contributed by atoms with Gasteiger partial charge in [0, 0.05) is 25.5 Å². The van der Waals surface area contributed by atoms with Crippen molar-refractivity contribution >= 4 is 11.9 Å². The zero-order valence-corrected chi connectivity index (χ0v) is 10.3. The van der Waals surface area contributed by atoms with E-state index in [2.05, 4.69) is 15.3 Å². The number of hydrogen-bond acceptors (Lipinski definition) is 4. The highest BCUT2D eigenvalue weighted by Gasteiger charge is 2.23. The largest absolute Gasteiger partial charge is 0.343 e. The summed E-state index contributed by atoms with van der Waals surface area (Å²) in [7, 11) is 0. The Kier molecular flexibility index (Phi) is 3.56. The van der Waals surface area contributed by atoms with Crippen LogP contribution in [0.25, 0.3) is 0 Å². The fourth-order valence-electron chi connectivity index (χ4n) is 1.93. The van der Waals surface area contributed by atoms with Crippen molar-refractivity contribution in [3.63, 3.8) is 0 Å². The monoisotopic (exact) mass is 234 g/mol. The van der Waals surface area contributed by atoms with Crippen molar-refractivity contribution in [2.75, 3.05) is 18.4 Å². The van der Waals surface area contributed by atoms with Gasteiger partial charge in [0.1, 0.15) is 6.04 Å². The summed E-state index contributed by atoms with van der Waals surface area (Å²) in [5.41, 5.74) is 1.01. The molecule has 5 heteroatoms. The number of rotatable bonds is 3. The van der Waals surface area contributed by atoms with Crippen molar-refractivity contribution < 1.29 is 4.79 Å². The molecular weight excluding hydrogens is 216 g/mol. The molecule has 0 radical (unpaired) electrons. The van der Waals surface area contributed by atoms with E-state index in [0.717, 1.165) is 31.5 Å². The van der Waals surface area contributed by atoms with Crippen molar-refractivity contribution in [1.82, 2.24) is 14.9 Å². The minimum Gasteiger partial charge on any atom is -0.343 e. The van der Waals surface area contributed by atoms with Crippen LogP contribution in [0.5, 0.6) is 0 Å². The molecule has 1 aliphatic heterocycles. The van der Waals surface area contributed by atoms with Crippen LogP contribution in [-0.2, 0) is 4.79 Å². The van der Waals surface area contributed by atoms with E-state index >= 15 is 0 Å². The Bertz CT molecular complexity index is 384. The number of nitrogens with one attached hydrogen (secondary N) is 1. The maximum absolute atomic E-state index is 12.0. The molecule has 1 aromatic heterocycles. The van der Waals surface area contributed by atoms with Gasteiger partial charge in [0.15, 0.2) is 0 Å². The van der Waals surface area contributed by atoms with Crippen molar-refractivity contribution in [2.45, 2.75) is 32.7 Å². The van der Waals surface area contributed by atoms with Gasteiger partial charge in [-0.15, -0.1) is 0 Å². The number of anilines is 1. The first-order valence-corrected chi connectivity index (χ1v) is 6.01. The zero-order chi connectivity index (χ0) is 12.3. The summed E-state index contributed by atoms with van der Waals surface area (Å²) >= 11 is 0.